The number of nitro groups is 1. The van der Waals surface area contributed by atoms with Gasteiger partial charge in [-0.15, -0.1) is 0 Å². The lowest BCUT2D eigenvalue weighted by Gasteiger charge is -2.31. The van der Waals surface area contributed by atoms with Crippen LogP contribution in [0, 0.1) is 17.0 Å². The Balaban J connectivity index is 1.44. The van der Waals surface area contributed by atoms with E-state index in [1.807, 2.05) is 30.3 Å². The Hall–Kier alpha value is -4.87. The molecule has 4 aromatic rings. The number of hydrogen-bond acceptors (Lipinski definition) is 8. The van der Waals surface area contributed by atoms with E-state index in [-0.39, 0.29) is 5.97 Å². The first-order chi connectivity index (χ1) is 21.2. The molecule has 0 bridgehead atoms. The number of carbonyl (C=O) groups excluding carboxylic acids is 1. The molecule has 0 saturated heterocycles. The van der Waals surface area contributed by atoms with Crippen molar-refractivity contribution in [3.8, 4) is 11.1 Å². The molecule has 3 aromatic carbocycles. The molecule has 1 aromatic heterocycles. The summed E-state index contributed by atoms with van der Waals surface area (Å²) in [5, 5.41) is 17.4. The third-order valence-corrected chi connectivity index (χ3v) is 7.89. The number of rotatable bonds is 10. The number of nitrogens with one attached hydrogen (secondary N) is 2. The Labute approximate surface area is 256 Å². The minimum Gasteiger partial charge on any atom is -0.465 e. The zero-order valence-electron chi connectivity index (χ0n) is 25.3. The predicted molar refractivity (Wildman–Crippen MR) is 171 cm³/mol. The maximum absolute atomic E-state index is 12.3. The summed E-state index contributed by atoms with van der Waals surface area (Å²) in [7, 11) is 3.00. The Bertz CT molecular complexity index is 1760. The van der Waals surface area contributed by atoms with Crippen molar-refractivity contribution in [2.24, 2.45) is 10.7 Å². The minimum absolute atomic E-state index is 0.365. The number of ether oxygens (including phenoxy) is 1. The maximum atomic E-state index is 12.3. The molecule has 228 valence electrons. The molecule has 2 heterocycles. The number of benzene rings is 3. The standard InChI is InChI=1S/C33H37N7O4/c1-5-8-29-38-30-21(2)17-23(19-36-28-15-16-33(34,40(42)43)32(35-3)37-28)18-27(30)39(29)20-22-11-13-24(14-12-22)25-9-6-7-10-26(25)31(41)44-4/h6-7,9-18,32,35H,5,8,19-20,34H2,1-4H3,(H,36,37). The molecule has 0 aliphatic carbocycles. The maximum Gasteiger partial charge on any atom is 0.338 e. The highest BCUT2D eigenvalue weighted by molar-refractivity contribution is 5.97. The second-order valence-electron chi connectivity index (χ2n) is 10.9. The van der Waals surface area contributed by atoms with Crippen LogP contribution in [0.2, 0.25) is 0 Å². The van der Waals surface area contributed by atoms with Crippen LogP contribution >= 0.6 is 0 Å². The number of nitrogens with two attached hydrogens (primary N) is 1. The van der Waals surface area contributed by atoms with Gasteiger partial charge in [0.05, 0.1) is 35.2 Å². The van der Waals surface area contributed by atoms with Crippen LogP contribution in [0.3, 0.4) is 0 Å². The number of methoxy groups -OCH3 is 1. The molecule has 0 saturated carbocycles. The predicted octanol–water partition coefficient (Wildman–Crippen LogP) is 4.33. The summed E-state index contributed by atoms with van der Waals surface area (Å²) in [6.07, 6.45) is 3.92. The fourth-order valence-electron chi connectivity index (χ4n) is 5.56. The third-order valence-electron chi connectivity index (χ3n) is 7.89. The van der Waals surface area contributed by atoms with Gasteiger partial charge in [0.25, 0.3) is 0 Å². The van der Waals surface area contributed by atoms with E-state index in [0.29, 0.717) is 24.5 Å². The summed E-state index contributed by atoms with van der Waals surface area (Å²) < 4.78 is 7.23. The van der Waals surface area contributed by atoms with Crippen molar-refractivity contribution < 1.29 is 14.5 Å². The van der Waals surface area contributed by atoms with Crippen molar-refractivity contribution in [3.05, 3.63) is 111 Å². The summed E-state index contributed by atoms with van der Waals surface area (Å²) in [6, 6.07) is 19.8. The second kappa shape index (κ2) is 12.8. The number of amidine groups is 1. The molecule has 44 heavy (non-hydrogen) atoms. The molecule has 1 aliphatic rings. The number of esters is 1. The van der Waals surface area contributed by atoms with E-state index in [2.05, 4.69) is 58.3 Å². The van der Waals surface area contributed by atoms with Crippen molar-refractivity contribution in [2.75, 3.05) is 14.2 Å². The van der Waals surface area contributed by atoms with Crippen LogP contribution in [-0.4, -0.2) is 52.3 Å². The van der Waals surface area contributed by atoms with Crippen LogP contribution in [0.15, 0.2) is 77.8 Å². The number of hydrogen-bond donors (Lipinski definition) is 3. The van der Waals surface area contributed by atoms with Gasteiger partial charge in [0.1, 0.15) is 11.7 Å². The molecule has 0 spiro atoms. The molecule has 4 N–H and O–H groups in total. The smallest absolute Gasteiger partial charge is 0.338 e. The molecule has 5 rings (SSSR count). The molecule has 11 heteroatoms. The molecule has 11 nitrogen and oxygen atoms in total. The van der Waals surface area contributed by atoms with Gasteiger partial charge in [-0.2, -0.15) is 0 Å². The van der Waals surface area contributed by atoms with E-state index in [4.69, 9.17) is 15.5 Å². The monoisotopic (exact) mass is 595 g/mol. The van der Waals surface area contributed by atoms with Gasteiger partial charge in [-0.1, -0.05) is 55.5 Å². The Kier molecular flexibility index (Phi) is 8.88. The van der Waals surface area contributed by atoms with Gasteiger partial charge in [0, 0.05) is 19.0 Å². The number of aliphatic imine (C=N–C) groups is 1. The van der Waals surface area contributed by atoms with E-state index in [1.54, 1.807) is 19.2 Å². The topological polar surface area (TPSA) is 150 Å². The largest absolute Gasteiger partial charge is 0.465 e. The highest BCUT2D eigenvalue weighted by Gasteiger charge is 2.46. The zero-order valence-corrected chi connectivity index (χ0v) is 25.3. The van der Waals surface area contributed by atoms with Crippen LogP contribution < -0.4 is 16.4 Å². The van der Waals surface area contributed by atoms with Gasteiger partial charge in [-0.25, -0.2) is 9.78 Å². The van der Waals surface area contributed by atoms with Gasteiger partial charge in [-0.05, 0) is 66.4 Å². The minimum atomic E-state index is -1.77. The first kappa shape index (κ1) is 30.6. The summed E-state index contributed by atoms with van der Waals surface area (Å²) in [5.74, 6) is 1.16. The lowest BCUT2D eigenvalue weighted by atomic mass is 9.98. The van der Waals surface area contributed by atoms with E-state index in [9.17, 15) is 14.9 Å². The second-order valence-corrected chi connectivity index (χ2v) is 10.9. The van der Waals surface area contributed by atoms with Gasteiger partial charge in [-0.3, -0.25) is 26.2 Å². The van der Waals surface area contributed by atoms with Gasteiger partial charge < -0.3 is 14.6 Å². The van der Waals surface area contributed by atoms with Crippen molar-refractivity contribution in [2.45, 2.75) is 51.6 Å². The fourth-order valence-corrected chi connectivity index (χ4v) is 5.56. The lowest BCUT2D eigenvalue weighted by molar-refractivity contribution is -0.560. The molecule has 2 atom stereocenters. The normalized spacial score (nSPS) is 18.8. The van der Waals surface area contributed by atoms with Gasteiger partial charge >= 0.3 is 11.6 Å². The average Bonchev–Trinajstić information content (AvgIpc) is 3.37. The number of fused-ring (bicyclic) bond motifs is 1. The summed E-state index contributed by atoms with van der Waals surface area (Å²) >= 11 is 0. The molecule has 0 fully saturated rings. The number of imidazole rings is 1. The highest BCUT2D eigenvalue weighted by atomic mass is 16.6. The Morgan fingerprint density at radius 1 is 1.20 bits per heavy atom. The van der Waals surface area contributed by atoms with Crippen molar-refractivity contribution >= 4 is 22.8 Å². The number of aromatic nitrogens is 2. The van der Waals surface area contributed by atoms with E-state index in [1.165, 1.54) is 13.2 Å². The van der Waals surface area contributed by atoms with Crippen LogP contribution in [0.4, 0.5) is 0 Å². The lowest BCUT2D eigenvalue weighted by Crippen LogP contribution is -2.68. The summed E-state index contributed by atoms with van der Waals surface area (Å²) in [6.45, 7) is 5.20. The fraction of sp³-hybridized carbons (Fsp3) is 0.303. The SMILES string of the molecule is CCCc1nc2c(C)cc(CN=C3C=CC(N)([N+](=O)[O-])C(NC)N3)cc2n1Cc1ccc(-c2ccccc2C(=O)OC)cc1. The molecule has 0 radical (unpaired) electrons. The van der Waals surface area contributed by atoms with Crippen molar-refractivity contribution in [1.82, 2.24) is 20.2 Å². The first-order valence-corrected chi connectivity index (χ1v) is 14.5. The van der Waals surface area contributed by atoms with Crippen LogP contribution in [0.5, 0.6) is 0 Å². The summed E-state index contributed by atoms with van der Waals surface area (Å²) in [4.78, 5) is 33.0. The average molecular weight is 596 g/mol. The van der Waals surface area contributed by atoms with Crippen LogP contribution in [0.1, 0.15) is 46.2 Å². The molecule has 1 aliphatic heterocycles. The first-order valence-electron chi connectivity index (χ1n) is 14.5. The molecular weight excluding hydrogens is 558 g/mol. The number of carbonyl (C=O) groups is 1. The summed E-state index contributed by atoms with van der Waals surface area (Å²) in [5.41, 5.74) is 11.6. The van der Waals surface area contributed by atoms with Gasteiger partial charge in [0.15, 0.2) is 6.17 Å². The van der Waals surface area contributed by atoms with Crippen molar-refractivity contribution in [3.63, 3.8) is 0 Å². The number of likely N-dealkylation sites (N-methyl/N-ethyl adjacent to an activating group) is 1. The highest BCUT2D eigenvalue weighted by Crippen LogP contribution is 2.27. The Morgan fingerprint density at radius 3 is 2.64 bits per heavy atom. The quantitative estimate of drug-likeness (QED) is 0.106. The zero-order chi connectivity index (χ0) is 31.4. The van der Waals surface area contributed by atoms with Crippen LogP contribution in [-0.2, 0) is 24.2 Å². The van der Waals surface area contributed by atoms with Crippen molar-refractivity contribution in [1.29, 1.82) is 0 Å². The van der Waals surface area contributed by atoms with E-state index in [0.717, 1.165) is 57.5 Å². The van der Waals surface area contributed by atoms with E-state index >= 15 is 0 Å². The Morgan fingerprint density at radius 2 is 1.95 bits per heavy atom. The van der Waals surface area contributed by atoms with Crippen LogP contribution in [0.25, 0.3) is 22.2 Å². The number of nitrogens with zero attached hydrogens (tertiary/aromatic N) is 4. The molecule has 0 amide bonds. The molecular formula is C33H37N7O4. The van der Waals surface area contributed by atoms with Gasteiger partial charge in [0.2, 0.25) is 0 Å². The number of aryl methyl sites for hydroxylation is 2. The molecule has 2 unspecified atom stereocenters. The third kappa shape index (κ3) is 5.97. The van der Waals surface area contributed by atoms with E-state index < -0.39 is 16.8 Å².